The lowest BCUT2D eigenvalue weighted by atomic mass is 10.1. The van der Waals surface area contributed by atoms with Crippen molar-refractivity contribution in [3.63, 3.8) is 0 Å². The Labute approximate surface area is 151 Å². The van der Waals surface area contributed by atoms with Crippen LogP contribution in [0.25, 0.3) is 0 Å². The maximum atomic E-state index is 12.7. The van der Waals surface area contributed by atoms with Crippen LogP contribution >= 0.6 is 0 Å². The largest absolute Gasteiger partial charge is 0.448 e. The van der Waals surface area contributed by atoms with Crippen molar-refractivity contribution in [2.45, 2.75) is 12.6 Å². The highest BCUT2D eigenvalue weighted by Crippen LogP contribution is 2.20. The number of carbonyl (C=O) groups is 2. The zero-order valence-electron chi connectivity index (χ0n) is 14.7. The molecule has 0 aliphatic carbocycles. The maximum Gasteiger partial charge on any atom is 0.410 e. The number of carbonyl (C=O) groups excluding carboxylic acids is 2. The van der Waals surface area contributed by atoms with Crippen molar-refractivity contribution >= 4 is 12.0 Å². The normalized spacial score (nSPS) is 26.7. The summed E-state index contributed by atoms with van der Waals surface area (Å²) >= 11 is 0. The molecular formula is C16H24N6O4. The lowest BCUT2D eigenvalue weighted by Gasteiger charge is -2.31. The Morgan fingerprint density at radius 2 is 2.00 bits per heavy atom. The van der Waals surface area contributed by atoms with Gasteiger partial charge >= 0.3 is 6.09 Å². The van der Waals surface area contributed by atoms with Crippen molar-refractivity contribution in [2.24, 2.45) is 5.92 Å². The number of cyclic esters (lactones) is 1. The quantitative estimate of drug-likeness (QED) is 0.654. The molecule has 2 amide bonds. The van der Waals surface area contributed by atoms with Gasteiger partial charge in [-0.2, -0.15) is 0 Å². The minimum Gasteiger partial charge on any atom is -0.448 e. The molecule has 3 aliphatic heterocycles. The van der Waals surface area contributed by atoms with Gasteiger partial charge in [-0.05, 0) is 0 Å². The third-order valence-corrected chi connectivity index (χ3v) is 5.22. The lowest BCUT2D eigenvalue weighted by Crippen LogP contribution is -2.49. The number of nitrogens with zero attached hydrogens (tertiary/aromatic N) is 6. The Hall–Kier alpha value is -2.20. The molecule has 1 aromatic rings. The van der Waals surface area contributed by atoms with Gasteiger partial charge in [-0.3, -0.25) is 14.6 Å². The predicted molar refractivity (Wildman–Crippen MR) is 89.2 cm³/mol. The first-order valence-corrected chi connectivity index (χ1v) is 9.02. The number of fused-ring (bicyclic) bond motifs is 3. The fourth-order valence-electron chi connectivity index (χ4n) is 3.82. The van der Waals surface area contributed by atoms with Crippen molar-refractivity contribution in [2.75, 3.05) is 59.1 Å². The second-order valence-electron chi connectivity index (χ2n) is 7.09. The molecule has 3 saturated heterocycles. The molecule has 0 unspecified atom stereocenters. The number of hydrogen-bond acceptors (Lipinski definition) is 7. The van der Waals surface area contributed by atoms with E-state index in [0.29, 0.717) is 39.5 Å². The van der Waals surface area contributed by atoms with E-state index in [2.05, 4.69) is 15.1 Å². The summed E-state index contributed by atoms with van der Waals surface area (Å²) in [5.74, 6) is 0.263. The van der Waals surface area contributed by atoms with Crippen molar-refractivity contribution in [3.05, 3.63) is 12.7 Å². The van der Waals surface area contributed by atoms with Gasteiger partial charge in [-0.15, -0.1) is 10.2 Å². The van der Waals surface area contributed by atoms with Gasteiger partial charge in [0.25, 0.3) is 0 Å². The molecule has 10 heteroatoms. The third-order valence-electron chi connectivity index (χ3n) is 5.22. The molecule has 4 heterocycles. The van der Waals surface area contributed by atoms with E-state index in [4.69, 9.17) is 9.47 Å². The fraction of sp³-hybridized carbons (Fsp3) is 0.750. The molecule has 10 nitrogen and oxygen atoms in total. The first kappa shape index (κ1) is 17.2. The minimum atomic E-state index is -0.396. The molecule has 4 rings (SSSR count). The van der Waals surface area contributed by atoms with E-state index in [-0.39, 0.29) is 24.4 Å². The van der Waals surface area contributed by atoms with Crippen molar-refractivity contribution in [1.82, 2.24) is 29.5 Å². The van der Waals surface area contributed by atoms with Gasteiger partial charge in [0, 0.05) is 38.6 Å². The molecule has 0 spiro atoms. The highest BCUT2D eigenvalue weighted by atomic mass is 16.6. The zero-order chi connectivity index (χ0) is 17.9. The maximum absolute atomic E-state index is 12.7. The summed E-state index contributed by atoms with van der Waals surface area (Å²) in [7, 11) is 0. The van der Waals surface area contributed by atoms with Gasteiger partial charge in [0.15, 0.2) is 0 Å². The molecule has 0 aromatic carbocycles. The van der Waals surface area contributed by atoms with E-state index in [9.17, 15) is 9.59 Å². The topological polar surface area (TPSA) is 93.0 Å². The first-order chi connectivity index (χ1) is 12.7. The van der Waals surface area contributed by atoms with Crippen LogP contribution in [0.5, 0.6) is 0 Å². The smallest absolute Gasteiger partial charge is 0.410 e. The zero-order valence-corrected chi connectivity index (χ0v) is 14.7. The second-order valence-corrected chi connectivity index (χ2v) is 7.09. The molecule has 2 atom stereocenters. The number of aromatic nitrogens is 3. The van der Waals surface area contributed by atoms with Crippen LogP contribution in [0.15, 0.2) is 12.7 Å². The van der Waals surface area contributed by atoms with Crippen LogP contribution in [0.4, 0.5) is 4.79 Å². The molecule has 26 heavy (non-hydrogen) atoms. The lowest BCUT2D eigenvalue weighted by molar-refractivity contribution is -0.133. The summed E-state index contributed by atoms with van der Waals surface area (Å²) in [5.41, 5.74) is 0. The predicted octanol–water partition coefficient (Wildman–Crippen LogP) is -1.11. The minimum absolute atomic E-state index is 0.0126. The number of amides is 2. The van der Waals surface area contributed by atoms with Crippen LogP contribution in [0.3, 0.4) is 0 Å². The average molecular weight is 364 g/mol. The molecule has 0 saturated carbocycles. The van der Waals surface area contributed by atoms with Crippen molar-refractivity contribution in [3.8, 4) is 0 Å². The monoisotopic (exact) mass is 364 g/mol. The van der Waals surface area contributed by atoms with Gasteiger partial charge in [0.1, 0.15) is 25.8 Å². The summed E-state index contributed by atoms with van der Waals surface area (Å²) in [4.78, 5) is 30.1. The second kappa shape index (κ2) is 7.58. The summed E-state index contributed by atoms with van der Waals surface area (Å²) < 4.78 is 12.7. The highest BCUT2D eigenvalue weighted by molar-refractivity contribution is 5.83. The summed E-state index contributed by atoms with van der Waals surface area (Å²) in [6.07, 6.45) is 3.03. The van der Waals surface area contributed by atoms with E-state index in [1.54, 1.807) is 12.7 Å². The van der Waals surface area contributed by atoms with Gasteiger partial charge in [0.05, 0.1) is 25.8 Å². The summed E-state index contributed by atoms with van der Waals surface area (Å²) in [6.45, 7) is 6.10. The van der Waals surface area contributed by atoms with E-state index in [1.165, 1.54) is 4.90 Å². The molecular weight excluding hydrogens is 340 g/mol. The fourth-order valence-corrected chi connectivity index (χ4v) is 3.82. The van der Waals surface area contributed by atoms with Crippen LogP contribution in [0.1, 0.15) is 0 Å². The summed E-state index contributed by atoms with van der Waals surface area (Å²) in [5, 5.41) is 7.67. The molecule has 2 bridgehead atoms. The molecule has 3 fully saturated rings. The standard InChI is InChI=1S/C16H24N6O4/c23-15(8-21-3-4-26-16(21)24)22-6-13-5-20(14(7-22)10-25-9-13)2-1-19-11-17-18-12-19/h11-14H,1-10H2/t13-,14+/m1/s1. The number of hydrogen-bond donors (Lipinski definition) is 0. The Morgan fingerprint density at radius 1 is 1.15 bits per heavy atom. The van der Waals surface area contributed by atoms with E-state index in [0.717, 1.165) is 19.6 Å². The first-order valence-electron chi connectivity index (χ1n) is 9.02. The average Bonchev–Trinajstić information content (AvgIpc) is 3.17. The third kappa shape index (κ3) is 3.80. The van der Waals surface area contributed by atoms with Gasteiger partial charge in [-0.25, -0.2) is 4.79 Å². The summed E-state index contributed by atoms with van der Waals surface area (Å²) in [6, 6.07) is 0.161. The molecule has 0 radical (unpaired) electrons. The Morgan fingerprint density at radius 3 is 2.77 bits per heavy atom. The van der Waals surface area contributed by atoms with Gasteiger partial charge in [-0.1, -0.05) is 0 Å². The van der Waals surface area contributed by atoms with Gasteiger partial charge < -0.3 is 18.9 Å². The highest BCUT2D eigenvalue weighted by Gasteiger charge is 2.36. The Bertz CT molecular complexity index is 639. The van der Waals surface area contributed by atoms with E-state index in [1.807, 2.05) is 9.47 Å². The van der Waals surface area contributed by atoms with Gasteiger partial charge in [0.2, 0.25) is 5.91 Å². The molecule has 1 aromatic heterocycles. The molecule has 0 N–H and O–H groups in total. The number of ether oxygens (including phenoxy) is 2. The molecule has 3 aliphatic rings. The molecule has 142 valence electrons. The van der Waals surface area contributed by atoms with Crippen molar-refractivity contribution < 1.29 is 19.1 Å². The van der Waals surface area contributed by atoms with E-state index >= 15 is 0 Å². The van der Waals surface area contributed by atoms with Crippen LogP contribution in [0.2, 0.25) is 0 Å². The number of rotatable bonds is 5. The van der Waals surface area contributed by atoms with Crippen LogP contribution < -0.4 is 0 Å². The van der Waals surface area contributed by atoms with Crippen LogP contribution in [-0.4, -0.2) is 107 Å². The Balaban J connectivity index is 1.38. The van der Waals surface area contributed by atoms with Crippen LogP contribution in [0, 0.1) is 5.92 Å². The van der Waals surface area contributed by atoms with Crippen LogP contribution in [-0.2, 0) is 20.8 Å². The van der Waals surface area contributed by atoms with Crippen molar-refractivity contribution in [1.29, 1.82) is 0 Å². The SMILES string of the molecule is O=C(CN1CCOC1=O)N1C[C@@H]2COC[C@H](C1)N(CCn1cnnc1)C2. The Kier molecular flexibility index (Phi) is 5.02. The van der Waals surface area contributed by atoms with E-state index < -0.39 is 6.09 Å².